The Labute approximate surface area is 279 Å². The van der Waals surface area contributed by atoms with Crippen molar-refractivity contribution in [2.24, 2.45) is 17.3 Å². The van der Waals surface area contributed by atoms with Crippen molar-refractivity contribution in [3.8, 4) is 22.9 Å². The van der Waals surface area contributed by atoms with Crippen LogP contribution in [-0.2, 0) is 11.2 Å². The zero-order chi connectivity index (χ0) is 32.7. The van der Waals surface area contributed by atoms with Crippen LogP contribution in [0.3, 0.4) is 0 Å². The Morgan fingerprint density at radius 1 is 1.02 bits per heavy atom. The third-order valence-corrected chi connectivity index (χ3v) is 11.7. The number of ether oxygens (including phenoxy) is 2. The number of fused-ring (bicyclic) bond motifs is 5. The second-order valence-electron chi connectivity index (χ2n) is 15.2. The number of aryl methyl sites for hydroxylation is 2. The number of nitrogens with zero attached hydrogens (tertiary/aromatic N) is 4. The van der Waals surface area contributed by atoms with Crippen LogP contribution in [0.4, 0.5) is 14.6 Å². The number of piperazine rings is 1. The molecule has 1 aliphatic carbocycles. The Kier molecular flexibility index (Phi) is 7.29. The maximum Gasteiger partial charge on any atom is 0.319 e. The molecule has 3 aromatic carbocycles. The summed E-state index contributed by atoms with van der Waals surface area (Å²) in [4.78, 5) is 14.6. The molecule has 8 nitrogen and oxygen atoms in total. The van der Waals surface area contributed by atoms with Crippen LogP contribution in [0.2, 0.25) is 0 Å². The SMILES string of the molecule is CCc1c(F)ccc2cc(O)cc(-c3c(C)cc4c(N5CC6CCC(C5)N6)nc(OCC5(CN6CC7COCC7C6)CC5)nc4c3F)c12. The molecule has 9 rings (SSSR count). The van der Waals surface area contributed by atoms with E-state index in [1.54, 1.807) is 18.2 Å². The molecule has 0 spiro atoms. The van der Waals surface area contributed by atoms with E-state index in [0.717, 1.165) is 71.6 Å². The summed E-state index contributed by atoms with van der Waals surface area (Å²) in [6.07, 6.45) is 4.84. The first-order valence-electron chi connectivity index (χ1n) is 17.7. The van der Waals surface area contributed by atoms with Gasteiger partial charge in [0.05, 0.1) is 19.8 Å². The van der Waals surface area contributed by atoms with Gasteiger partial charge in [0.2, 0.25) is 0 Å². The monoisotopic (exact) mass is 655 g/mol. The van der Waals surface area contributed by atoms with Crippen LogP contribution in [0, 0.1) is 35.8 Å². The molecule has 5 aliphatic rings. The van der Waals surface area contributed by atoms with Gasteiger partial charge in [0, 0.05) is 73.0 Å². The lowest BCUT2D eigenvalue weighted by molar-refractivity contribution is 0.131. The molecule has 2 N–H and O–H groups in total. The van der Waals surface area contributed by atoms with Gasteiger partial charge in [-0.1, -0.05) is 13.0 Å². The lowest BCUT2D eigenvalue weighted by atomic mass is 9.89. The average molecular weight is 656 g/mol. The number of hydrogen-bond acceptors (Lipinski definition) is 8. The maximum absolute atomic E-state index is 17.2. The van der Waals surface area contributed by atoms with E-state index in [1.807, 2.05) is 19.9 Å². The maximum atomic E-state index is 17.2. The number of benzene rings is 3. The second kappa shape index (κ2) is 11.5. The number of halogens is 2. The summed E-state index contributed by atoms with van der Waals surface area (Å²) < 4.78 is 44.4. The van der Waals surface area contributed by atoms with Crippen LogP contribution in [0.15, 0.2) is 30.3 Å². The summed E-state index contributed by atoms with van der Waals surface area (Å²) in [7, 11) is 0. The third-order valence-electron chi connectivity index (χ3n) is 11.7. The van der Waals surface area contributed by atoms with E-state index < -0.39 is 5.82 Å². The van der Waals surface area contributed by atoms with Crippen molar-refractivity contribution in [2.45, 2.75) is 58.0 Å². The summed E-state index contributed by atoms with van der Waals surface area (Å²) in [6.45, 7) is 10.7. The van der Waals surface area contributed by atoms with Crippen molar-refractivity contribution in [1.82, 2.24) is 20.2 Å². The fourth-order valence-corrected chi connectivity index (χ4v) is 9.10. The van der Waals surface area contributed by atoms with Gasteiger partial charge in [0.15, 0.2) is 5.82 Å². The number of hydrogen-bond donors (Lipinski definition) is 2. The van der Waals surface area contributed by atoms with Gasteiger partial charge < -0.3 is 29.7 Å². The van der Waals surface area contributed by atoms with Gasteiger partial charge >= 0.3 is 6.01 Å². The van der Waals surface area contributed by atoms with Gasteiger partial charge in [-0.15, -0.1) is 0 Å². The van der Waals surface area contributed by atoms with Crippen LogP contribution < -0.4 is 15.0 Å². The van der Waals surface area contributed by atoms with Gasteiger partial charge in [-0.3, -0.25) is 0 Å². The number of aromatic nitrogens is 2. The summed E-state index contributed by atoms with van der Waals surface area (Å²) in [5.41, 5.74) is 2.18. The van der Waals surface area contributed by atoms with Crippen molar-refractivity contribution in [3.63, 3.8) is 0 Å². The van der Waals surface area contributed by atoms with E-state index >= 15 is 8.78 Å². The number of anilines is 1. The minimum atomic E-state index is -0.512. The van der Waals surface area contributed by atoms with E-state index in [-0.39, 0.29) is 28.5 Å². The molecule has 4 saturated heterocycles. The highest BCUT2D eigenvalue weighted by Gasteiger charge is 2.48. The van der Waals surface area contributed by atoms with Gasteiger partial charge in [-0.05, 0) is 90.8 Å². The number of rotatable bonds is 8. The molecule has 48 heavy (non-hydrogen) atoms. The second-order valence-corrected chi connectivity index (χ2v) is 15.2. The molecule has 4 unspecified atom stereocenters. The Morgan fingerprint density at radius 3 is 2.48 bits per heavy atom. The summed E-state index contributed by atoms with van der Waals surface area (Å²) in [6, 6.07) is 9.07. The molecule has 2 bridgehead atoms. The van der Waals surface area contributed by atoms with E-state index in [2.05, 4.69) is 15.1 Å². The predicted molar refractivity (Wildman–Crippen MR) is 182 cm³/mol. The molecular formula is C38H43F2N5O3. The number of nitrogens with one attached hydrogen (secondary N) is 1. The highest BCUT2D eigenvalue weighted by molar-refractivity contribution is 6.04. The minimum absolute atomic E-state index is 0.00219. The van der Waals surface area contributed by atoms with E-state index in [1.165, 1.54) is 6.07 Å². The smallest absolute Gasteiger partial charge is 0.319 e. The average Bonchev–Trinajstić information content (AvgIpc) is 3.31. The molecule has 1 aromatic heterocycles. The molecule has 5 heterocycles. The Morgan fingerprint density at radius 2 is 1.77 bits per heavy atom. The third kappa shape index (κ3) is 5.18. The predicted octanol–water partition coefficient (Wildman–Crippen LogP) is 5.98. The number of phenolic OH excluding ortho intramolecular Hbond substituents is 1. The number of likely N-dealkylation sites (tertiary alicyclic amines) is 1. The fraction of sp³-hybridized carbons (Fsp3) is 0.526. The normalized spacial score (nSPS) is 26.1. The summed E-state index contributed by atoms with van der Waals surface area (Å²) in [5.74, 6) is 1.11. The van der Waals surface area contributed by atoms with Crippen molar-refractivity contribution in [2.75, 3.05) is 57.4 Å². The lowest BCUT2D eigenvalue weighted by Gasteiger charge is -2.34. The molecule has 4 atom stereocenters. The highest BCUT2D eigenvalue weighted by Crippen LogP contribution is 2.48. The quantitative estimate of drug-likeness (QED) is 0.240. The Bertz CT molecular complexity index is 1910. The van der Waals surface area contributed by atoms with E-state index in [4.69, 9.17) is 19.4 Å². The van der Waals surface area contributed by atoms with Crippen LogP contribution in [-0.4, -0.2) is 84.6 Å². The molecule has 0 amide bonds. The van der Waals surface area contributed by atoms with Crippen LogP contribution >= 0.6 is 0 Å². The van der Waals surface area contributed by atoms with Crippen molar-refractivity contribution in [3.05, 3.63) is 53.1 Å². The van der Waals surface area contributed by atoms with E-state index in [0.29, 0.717) is 81.2 Å². The first-order chi connectivity index (χ1) is 23.3. The Balaban J connectivity index is 1.12. The molecule has 1 saturated carbocycles. The molecule has 252 valence electrons. The van der Waals surface area contributed by atoms with Crippen LogP contribution in [0.1, 0.15) is 43.7 Å². The number of phenols is 1. The topological polar surface area (TPSA) is 83.0 Å². The zero-order valence-corrected chi connectivity index (χ0v) is 27.7. The van der Waals surface area contributed by atoms with Crippen molar-refractivity contribution in [1.29, 1.82) is 0 Å². The highest BCUT2D eigenvalue weighted by atomic mass is 19.1. The van der Waals surface area contributed by atoms with Gasteiger partial charge in [0.1, 0.15) is 22.9 Å². The molecule has 4 aromatic rings. The first-order valence-corrected chi connectivity index (χ1v) is 17.7. The van der Waals surface area contributed by atoms with Crippen LogP contribution in [0.5, 0.6) is 11.8 Å². The minimum Gasteiger partial charge on any atom is -0.508 e. The van der Waals surface area contributed by atoms with Gasteiger partial charge in [-0.2, -0.15) is 9.97 Å². The molecule has 0 radical (unpaired) electrons. The molecular weight excluding hydrogens is 612 g/mol. The summed E-state index contributed by atoms with van der Waals surface area (Å²) in [5, 5.41) is 16.3. The van der Waals surface area contributed by atoms with Crippen molar-refractivity contribution < 1.29 is 23.4 Å². The van der Waals surface area contributed by atoms with Crippen molar-refractivity contribution >= 4 is 27.5 Å². The van der Waals surface area contributed by atoms with E-state index in [9.17, 15) is 5.11 Å². The standard InChI is InChI=1S/C38H43F2N5O3/c1-3-28-31(39)7-4-22-11-27(46)12-29(33(22)28)32-21(2)10-30-35(34(32)40)42-37(43-36(30)45-15-25-5-6-26(16-45)41-25)48-20-38(8-9-38)19-44-13-23-17-47-18-24(23)14-44/h4,7,10-12,23-26,41,46H,3,5-6,8-9,13-20H2,1-2H3. The molecule has 4 aliphatic heterocycles. The van der Waals surface area contributed by atoms with Gasteiger partial charge in [0.25, 0.3) is 0 Å². The van der Waals surface area contributed by atoms with Crippen LogP contribution in [0.25, 0.3) is 32.8 Å². The fourth-order valence-electron chi connectivity index (χ4n) is 9.10. The lowest BCUT2D eigenvalue weighted by Crippen LogP contribution is -2.51. The number of aromatic hydroxyl groups is 1. The zero-order valence-electron chi connectivity index (χ0n) is 27.7. The Hall–Kier alpha value is -3.60. The largest absolute Gasteiger partial charge is 0.508 e. The van der Waals surface area contributed by atoms with Gasteiger partial charge in [-0.25, -0.2) is 8.78 Å². The molecule has 10 heteroatoms. The molecule has 5 fully saturated rings. The first kappa shape index (κ1) is 30.5. The summed E-state index contributed by atoms with van der Waals surface area (Å²) >= 11 is 0.